The van der Waals surface area contributed by atoms with Gasteiger partial charge in [-0.1, -0.05) is 62.4 Å². The van der Waals surface area contributed by atoms with E-state index < -0.39 is 18.6 Å². The van der Waals surface area contributed by atoms with E-state index in [1.54, 1.807) is 14.2 Å². The van der Waals surface area contributed by atoms with Gasteiger partial charge in [0.25, 0.3) is 5.91 Å². The molecule has 0 saturated heterocycles. The third-order valence-corrected chi connectivity index (χ3v) is 5.74. The smallest absolute Gasteiger partial charge is 0.329 e. The Labute approximate surface area is 206 Å². The van der Waals surface area contributed by atoms with Gasteiger partial charge in [0.1, 0.15) is 11.8 Å². The van der Waals surface area contributed by atoms with Gasteiger partial charge in [-0.25, -0.2) is 4.79 Å². The minimum absolute atomic E-state index is 0.164. The molecule has 3 aromatic carbocycles. The largest absolute Gasteiger partial charge is 0.497 e. The number of amides is 2. The zero-order valence-electron chi connectivity index (χ0n) is 20.6. The number of benzene rings is 3. The Bertz CT molecular complexity index is 1180. The number of ether oxygens (including phenoxy) is 2. The number of methoxy groups -OCH3 is 1. The minimum atomic E-state index is -0.832. The molecule has 0 fully saturated rings. The number of carbonyl (C=O) groups is 3. The van der Waals surface area contributed by atoms with E-state index in [2.05, 4.69) is 5.32 Å². The van der Waals surface area contributed by atoms with Crippen LogP contribution < -0.4 is 10.1 Å². The summed E-state index contributed by atoms with van der Waals surface area (Å²) in [5, 5.41) is 4.82. The molecule has 1 N–H and O–H groups in total. The van der Waals surface area contributed by atoms with Crippen LogP contribution >= 0.6 is 0 Å². The van der Waals surface area contributed by atoms with Gasteiger partial charge in [-0.05, 0) is 46.0 Å². The fraction of sp³-hybridized carbons (Fsp3) is 0.321. The van der Waals surface area contributed by atoms with Gasteiger partial charge in [0.2, 0.25) is 5.91 Å². The Morgan fingerprint density at radius 3 is 2.29 bits per heavy atom. The molecule has 0 aliphatic heterocycles. The van der Waals surface area contributed by atoms with Crippen molar-refractivity contribution in [1.82, 2.24) is 10.2 Å². The summed E-state index contributed by atoms with van der Waals surface area (Å²) in [5.74, 6) is -0.625. The lowest BCUT2D eigenvalue weighted by Crippen LogP contribution is -2.46. The molecule has 184 valence electrons. The molecule has 0 unspecified atom stereocenters. The maximum absolute atomic E-state index is 12.6. The molecule has 0 bridgehead atoms. The van der Waals surface area contributed by atoms with Crippen LogP contribution in [0, 0.1) is 5.92 Å². The zero-order chi connectivity index (χ0) is 25.4. The molecule has 0 spiro atoms. The van der Waals surface area contributed by atoms with E-state index in [1.807, 2.05) is 80.6 Å². The van der Waals surface area contributed by atoms with Crippen LogP contribution in [0.5, 0.6) is 5.75 Å². The minimum Gasteiger partial charge on any atom is -0.497 e. The number of nitrogens with zero attached hydrogens (tertiary/aromatic N) is 1. The molecule has 7 nitrogen and oxygen atoms in total. The van der Waals surface area contributed by atoms with E-state index in [0.29, 0.717) is 6.54 Å². The summed E-state index contributed by atoms with van der Waals surface area (Å²) in [6.45, 7) is 3.62. The maximum atomic E-state index is 12.6. The Kier molecular flexibility index (Phi) is 8.84. The quantitative estimate of drug-likeness (QED) is 0.451. The molecule has 0 heterocycles. The number of hydrogen-bond donors (Lipinski definition) is 1. The van der Waals surface area contributed by atoms with Crippen LogP contribution in [-0.2, 0) is 32.1 Å². The van der Waals surface area contributed by atoms with E-state index in [-0.39, 0.29) is 24.2 Å². The summed E-state index contributed by atoms with van der Waals surface area (Å²) >= 11 is 0. The van der Waals surface area contributed by atoms with Crippen molar-refractivity contribution in [3.8, 4) is 5.75 Å². The van der Waals surface area contributed by atoms with E-state index in [4.69, 9.17) is 9.47 Å². The van der Waals surface area contributed by atoms with Crippen molar-refractivity contribution in [3.05, 3.63) is 77.9 Å². The van der Waals surface area contributed by atoms with Crippen molar-refractivity contribution in [2.75, 3.05) is 20.8 Å². The second kappa shape index (κ2) is 12.0. The van der Waals surface area contributed by atoms with Crippen molar-refractivity contribution in [2.24, 2.45) is 5.92 Å². The van der Waals surface area contributed by atoms with Crippen LogP contribution in [0.4, 0.5) is 0 Å². The highest BCUT2D eigenvalue weighted by molar-refractivity contribution is 5.88. The van der Waals surface area contributed by atoms with Crippen molar-refractivity contribution in [2.45, 2.75) is 32.9 Å². The zero-order valence-corrected chi connectivity index (χ0v) is 20.6. The summed E-state index contributed by atoms with van der Waals surface area (Å²) in [4.78, 5) is 39.2. The third kappa shape index (κ3) is 7.30. The highest BCUT2D eigenvalue weighted by Gasteiger charge is 2.26. The first-order chi connectivity index (χ1) is 16.8. The van der Waals surface area contributed by atoms with Crippen LogP contribution in [0.1, 0.15) is 25.0 Å². The molecule has 1 atom stereocenters. The summed E-state index contributed by atoms with van der Waals surface area (Å²) in [6, 6.07) is 20.2. The van der Waals surface area contributed by atoms with Crippen LogP contribution in [0.25, 0.3) is 10.8 Å². The van der Waals surface area contributed by atoms with Crippen LogP contribution in [0.3, 0.4) is 0 Å². The van der Waals surface area contributed by atoms with Crippen LogP contribution in [0.15, 0.2) is 66.7 Å². The van der Waals surface area contributed by atoms with Crippen molar-refractivity contribution < 1.29 is 23.9 Å². The van der Waals surface area contributed by atoms with E-state index in [9.17, 15) is 14.4 Å². The SMILES string of the molecule is COc1ccc2cc(CN(C)C(=O)COC(=O)[C@@H](NC(=O)Cc3ccccc3)C(C)C)ccc2c1. The van der Waals surface area contributed by atoms with E-state index in [1.165, 1.54) is 4.90 Å². The number of rotatable bonds is 10. The molecule has 0 radical (unpaired) electrons. The summed E-state index contributed by atoms with van der Waals surface area (Å²) < 4.78 is 10.5. The van der Waals surface area contributed by atoms with Gasteiger partial charge in [0, 0.05) is 13.6 Å². The van der Waals surface area contributed by atoms with Crippen LogP contribution in [0.2, 0.25) is 0 Å². The number of nitrogens with one attached hydrogen (secondary N) is 1. The van der Waals surface area contributed by atoms with Crippen molar-refractivity contribution >= 4 is 28.6 Å². The molecule has 0 aliphatic carbocycles. The van der Waals surface area contributed by atoms with Crippen molar-refractivity contribution in [1.29, 1.82) is 0 Å². The molecule has 7 heteroatoms. The highest BCUT2D eigenvalue weighted by Crippen LogP contribution is 2.22. The topological polar surface area (TPSA) is 84.9 Å². The average molecular weight is 477 g/mol. The Morgan fingerprint density at radius 1 is 0.914 bits per heavy atom. The summed E-state index contributed by atoms with van der Waals surface area (Å²) in [5.41, 5.74) is 1.81. The summed E-state index contributed by atoms with van der Waals surface area (Å²) in [7, 11) is 3.29. The van der Waals surface area contributed by atoms with Gasteiger partial charge in [-0.3, -0.25) is 9.59 Å². The lowest BCUT2D eigenvalue weighted by Gasteiger charge is -2.22. The van der Waals surface area contributed by atoms with Crippen molar-refractivity contribution in [3.63, 3.8) is 0 Å². The molecule has 0 aromatic heterocycles. The standard InChI is InChI=1S/C28H32N2O5/c1-19(2)27(29-25(31)15-20-8-6-5-7-9-20)28(33)35-18-26(32)30(3)17-21-10-11-23-16-24(34-4)13-12-22(23)14-21/h5-14,16,19,27H,15,17-18H2,1-4H3,(H,29,31)/t27-/m0/s1. The fourth-order valence-corrected chi connectivity index (χ4v) is 3.70. The van der Waals surface area contributed by atoms with E-state index in [0.717, 1.165) is 27.6 Å². The monoisotopic (exact) mass is 476 g/mol. The molecule has 3 rings (SSSR count). The summed E-state index contributed by atoms with van der Waals surface area (Å²) in [6.07, 6.45) is 0.164. The number of hydrogen-bond acceptors (Lipinski definition) is 5. The number of fused-ring (bicyclic) bond motifs is 1. The Balaban J connectivity index is 1.53. The Hall–Kier alpha value is -3.87. The van der Waals surface area contributed by atoms with Gasteiger partial charge >= 0.3 is 5.97 Å². The molecule has 2 amide bonds. The fourth-order valence-electron chi connectivity index (χ4n) is 3.70. The number of likely N-dealkylation sites (N-methyl/N-ethyl adjacent to an activating group) is 1. The first-order valence-corrected chi connectivity index (χ1v) is 11.6. The van der Waals surface area contributed by atoms with Gasteiger partial charge in [-0.2, -0.15) is 0 Å². The highest BCUT2D eigenvalue weighted by atomic mass is 16.5. The lowest BCUT2D eigenvalue weighted by atomic mass is 10.0. The normalized spacial score (nSPS) is 11.7. The van der Waals surface area contributed by atoms with Crippen LogP contribution in [-0.4, -0.2) is 49.5 Å². The average Bonchev–Trinajstić information content (AvgIpc) is 2.85. The van der Waals surface area contributed by atoms with E-state index >= 15 is 0 Å². The molecule has 3 aromatic rings. The first kappa shape index (κ1) is 25.7. The molecular formula is C28H32N2O5. The molecule has 0 aliphatic rings. The maximum Gasteiger partial charge on any atom is 0.329 e. The van der Waals surface area contributed by atoms with Gasteiger partial charge in [-0.15, -0.1) is 0 Å². The molecule has 35 heavy (non-hydrogen) atoms. The molecule has 0 saturated carbocycles. The number of carbonyl (C=O) groups excluding carboxylic acids is 3. The lowest BCUT2D eigenvalue weighted by molar-refractivity contribution is -0.155. The molecular weight excluding hydrogens is 444 g/mol. The third-order valence-electron chi connectivity index (χ3n) is 5.74. The van der Waals surface area contributed by atoms with Gasteiger partial charge in [0.05, 0.1) is 13.5 Å². The second-order valence-corrected chi connectivity index (χ2v) is 8.86. The van der Waals surface area contributed by atoms with Gasteiger partial charge < -0.3 is 19.7 Å². The van der Waals surface area contributed by atoms with Gasteiger partial charge in [0.15, 0.2) is 6.61 Å². The number of esters is 1. The first-order valence-electron chi connectivity index (χ1n) is 11.6. The Morgan fingerprint density at radius 2 is 1.60 bits per heavy atom. The predicted molar refractivity (Wildman–Crippen MR) is 135 cm³/mol. The second-order valence-electron chi connectivity index (χ2n) is 8.86. The predicted octanol–water partition coefficient (Wildman–Crippen LogP) is 3.73.